The predicted octanol–water partition coefficient (Wildman–Crippen LogP) is 4.18. The molecule has 0 aromatic rings. The number of rotatable bonds is 17. The van der Waals surface area contributed by atoms with Gasteiger partial charge >= 0.3 is 0 Å². The lowest BCUT2D eigenvalue weighted by atomic mass is 9.85. The first kappa shape index (κ1) is 25.8. The Morgan fingerprint density at radius 3 is 2.19 bits per heavy atom. The summed E-state index contributed by atoms with van der Waals surface area (Å²) in [5.74, 6) is 0.503. The normalized spacial score (nSPS) is 15.1. The molecule has 7 heteroatoms. The van der Waals surface area contributed by atoms with Gasteiger partial charge in [-0.3, -0.25) is 0 Å². The SMILES string of the molecule is CCC(P)OCC(OCCC#N)C(COCCC#N)C(C)CCCCC#N. The van der Waals surface area contributed by atoms with Crippen molar-refractivity contribution in [3.63, 3.8) is 0 Å². The lowest BCUT2D eigenvalue weighted by molar-refractivity contribution is -0.0835. The lowest BCUT2D eigenvalue weighted by Crippen LogP contribution is -2.37. The van der Waals surface area contributed by atoms with E-state index in [2.05, 4.69) is 41.3 Å². The molecule has 0 rings (SSSR count). The lowest BCUT2D eigenvalue weighted by Gasteiger charge is -2.32. The van der Waals surface area contributed by atoms with E-state index in [0.717, 1.165) is 25.7 Å². The zero-order valence-corrected chi connectivity index (χ0v) is 17.9. The second-order valence-electron chi connectivity index (χ2n) is 6.63. The average Bonchev–Trinajstić information content (AvgIpc) is 2.68. The second kappa shape index (κ2) is 18.2. The molecule has 0 aliphatic rings. The zero-order valence-electron chi connectivity index (χ0n) is 16.7. The van der Waals surface area contributed by atoms with Gasteiger partial charge in [-0.1, -0.05) is 26.7 Å². The maximum atomic E-state index is 8.80. The molecule has 0 aliphatic carbocycles. The Morgan fingerprint density at radius 2 is 1.56 bits per heavy atom. The van der Waals surface area contributed by atoms with Crippen molar-refractivity contribution in [3.8, 4) is 18.2 Å². The molecule has 0 amide bonds. The Bertz CT molecular complexity index is 484. The van der Waals surface area contributed by atoms with Crippen LogP contribution in [0.5, 0.6) is 0 Å². The third-order valence-electron chi connectivity index (χ3n) is 4.50. The standard InChI is InChI=1S/C20H34N3O3P/c1-3-20(27)26-16-19(25-14-8-12-23)18(15-24-13-7-11-22)17(2)9-5-4-6-10-21/h17-20H,3-9,13-16,27H2,1-2H3. The Labute approximate surface area is 167 Å². The molecule has 6 nitrogen and oxygen atoms in total. The summed E-state index contributed by atoms with van der Waals surface area (Å²) in [6.07, 6.45) is 4.86. The molecule has 0 aromatic carbocycles. The summed E-state index contributed by atoms with van der Waals surface area (Å²) in [7, 11) is 2.68. The van der Waals surface area contributed by atoms with Crippen LogP contribution in [0.3, 0.4) is 0 Å². The van der Waals surface area contributed by atoms with E-state index in [9.17, 15) is 0 Å². The van der Waals surface area contributed by atoms with Crippen LogP contribution in [0, 0.1) is 45.8 Å². The minimum absolute atomic E-state index is 0.0677. The van der Waals surface area contributed by atoms with Crippen molar-refractivity contribution in [2.45, 2.75) is 70.7 Å². The molecular weight excluding hydrogens is 361 g/mol. The van der Waals surface area contributed by atoms with Gasteiger partial charge in [-0.15, -0.1) is 9.24 Å². The molecule has 0 fully saturated rings. The van der Waals surface area contributed by atoms with Crippen molar-refractivity contribution in [3.05, 3.63) is 0 Å². The third-order valence-corrected chi connectivity index (χ3v) is 5.16. The van der Waals surface area contributed by atoms with Crippen LogP contribution in [-0.2, 0) is 14.2 Å². The molecule has 5 atom stereocenters. The van der Waals surface area contributed by atoms with Crippen molar-refractivity contribution < 1.29 is 14.2 Å². The van der Waals surface area contributed by atoms with Crippen molar-refractivity contribution in [2.75, 3.05) is 26.4 Å². The quantitative estimate of drug-likeness (QED) is 0.271. The fraction of sp³-hybridized carbons (Fsp3) is 0.850. The van der Waals surface area contributed by atoms with E-state index in [1.807, 2.05) is 0 Å². The molecule has 27 heavy (non-hydrogen) atoms. The third kappa shape index (κ3) is 13.6. The Morgan fingerprint density at radius 1 is 0.889 bits per heavy atom. The van der Waals surface area contributed by atoms with E-state index in [1.165, 1.54) is 0 Å². The smallest absolute Gasteiger partial charge is 0.0861 e. The van der Waals surface area contributed by atoms with Gasteiger partial charge in [0.05, 0.1) is 69.4 Å². The Balaban J connectivity index is 4.94. The topological polar surface area (TPSA) is 99.1 Å². The highest BCUT2D eigenvalue weighted by Gasteiger charge is 2.28. The summed E-state index contributed by atoms with van der Waals surface area (Å²) in [6.45, 7) is 5.94. The molecule has 0 bridgehead atoms. The molecule has 0 aromatic heterocycles. The summed E-state index contributed by atoms with van der Waals surface area (Å²) >= 11 is 0. The number of unbranched alkanes of at least 4 members (excludes halogenated alkanes) is 2. The fourth-order valence-corrected chi connectivity index (χ4v) is 2.86. The molecular formula is C20H34N3O3P. The van der Waals surface area contributed by atoms with Crippen LogP contribution in [0.1, 0.15) is 58.8 Å². The van der Waals surface area contributed by atoms with Crippen LogP contribution in [0.4, 0.5) is 0 Å². The zero-order chi connectivity index (χ0) is 20.3. The molecule has 0 N–H and O–H groups in total. The van der Waals surface area contributed by atoms with Gasteiger partial charge in [-0.05, 0) is 18.8 Å². The number of nitriles is 3. The van der Waals surface area contributed by atoms with Gasteiger partial charge in [0, 0.05) is 12.3 Å². The van der Waals surface area contributed by atoms with Crippen LogP contribution < -0.4 is 0 Å². The van der Waals surface area contributed by atoms with Crippen LogP contribution in [0.2, 0.25) is 0 Å². The van der Waals surface area contributed by atoms with Gasteiger partial charge in [0.2, 0.25) is 0 Å². The minimum Gasteiger partial charge on any atom is -0.380 e. The van der Waals surface area contributed by atoms with Gasteiger partial charge in [-0.25, -0.2) is 0 Å². The molecule has 0 spiro atoms. The molecule has 0 aliphatic heterocycles. The van der Waals surface area contributed by atoms with Crippen molar-refractivity contribution in [2.24, 2.45) is 11.8 Å². The summed E-state index contributed by atoms with van der Waals surface area (Å²) in [6, 6.07) is 6.38. The maximum Gasteiger partial charge on any atom is 0.0861 e. The molecule has 0 heterocycles. The van der Waals surface area contributed by atoms with Crippen LogP contribution in [0.15, 0.2) is 0 Å². The fourth-order valence-electron chi connectivity index (χ4n) is 2.75. The molecule has 0 saturated heterocycles. The van der Waals surface area contributed by atoms with Gasteiger partial charge in [0.25, 0.3) is 0 Å². The first-order chi connectivity index (χ1) is 13.1. The minimum atomic E-state index is -0.166. The molecule has 0 radical (unpaired) electrons. The van der Waals surface area contributed by atoms with Crippen molar-refractivity contribution in [1.82, 2.24) is 0 Å². The summed E-state index contributed by atoms with van der Waals surface area (Å²) in [4.78, 5) is 0. The van der Waals surface area contributed by atoms with E-state index < -0.39 is 0 Å². The Kier molecular flexibility index (Phi) is 17.3. The summed E-state index contributed by atoms with van der Waals surface area (Å²) < 4.78 is 17.6. The molecule has 0 saturated carbocycles. The first-order valence-electron chi connectivity index (χ1n) is 9.78. The first-order valence-corrected chi connectivity index (χ1v) is 10.4. The monoisotopic (exact) mass is 395 g/mol. The van der Waals surface area contributed by atoms with Gasteiger partial charge in [-0.2, -0.15) is 15.8 Å². The second-order valence-corrected chi connectivity index (χ2v) is 7.37. The van der Waals surface area contributed by atoms with E-state index >= 15 is 0 Å². The van der Waals surface area contributed by atoms with E-state index in [0.29, 0.717) is 51.6 Å². The van der Waals surface area contributed by atoms with Crippen LogP contribution in [-0.4, -0.2) is 38.4 Å². The number of nitrogens with zero attached hydrogens (tertiary/aromatic N) is 3. The van der Waals surface area contributed by atoms with E-state index in [1.54, 1.807) is 0 Å². The average molecular weight is 395 g/mol. The highest BCUT2D eigenvalue weighted by Crippen LogP contribution is 2.26. The number of hydrogen-bond donors (Lipinski definition) is 0. The van der Waals surface area contributed by atoms with E-state index in [-0.39, 0.29) is 17.9 Å². The number of ether oxygens (including phenoxy) is 3. The summed E-state index contributed by atoms with van der Waals surface area (Å²) in [5.41, 5.74) is 0. The summed E-state index contributed by atoms with van der Waals surface area (Å²) in [5, 5.41) is 26.2. The van der Waals surface area contributed by atoms with Crippen molar-refractivity contribution >= 4 is 9.24 Å². The highest BCUT2D eigenvalue weighted by molar-refractivity contribution is 7.17. The van der Waals surface area contributed by atoms with Crippen LogP contribution in [0.25, 0.3) is 0 Å². The van der Waals surface area contributed by atoms with Crippen LogP contribution >= 0.6 is 9.24 Å². The predicted molar refractivity (Wildman–Crippen MR) is 107 cm³/mol. The van der Waals surface area contributed by atoms with Gasteiger partial charge < -0.3 is 14.2 Å². The molecule has 5 unspecified atom stereocenters. The largest absolute Gasteiger partial charge is 0.380 e. The van der Waals surface area contributed by atoms with Gasteiger partial charge in [0.1, 0.15) is 0 Å². The molecule has 152 valence electrons. The number of hydrogen-bond acceptors (Lipinski definition) is 6. The maximum absolute atomic E-state index is 8.80. The highest BCUT2D eigenvalue weighted by atomic mass is 31.0. The Hall–Kier alpha value is -1.22. The van der Waals surface area contributed by atoms with Crippen molar-refractivity contribution in [1.29, 1.82) is 15.8 Å². The van der Waals surface area contributed by atoms with Gasteiger partial charge in [0.15, 0.2) is 0 Å². The van der Waals surface area contributed by atoms with E-state index in [4.69, 9.17) is 30.0 Å².